The van der Waals surface area contributed by atoms with E-state index in [0.717, 1.165) is 42.8 Å². The molecule has 0 saturated carbocycles. The second-order valence-electron chi connectivity index (χ2n) is 10.6. The molecule has 0 spiro atoms. The molecule has 0 unspecified atom stereocenters. The van der Waals surface area contributed by atoms with Crippen LogP contribution in [0, 0.1) is 25.7 Å². The third-order valence-electron chi connectivity index (χ3n) is 8.28. The van der Waals surface area contributed by atoms with Gasteiger partial charge >= 0.3 is 5.97 Å². The predicted molar refractivity (Wildman–Crippen MR) is 148 cm³/mol. The number of esters is 1. The van der Waals surface area contributed by atoms with E-state index in [0.29, 0.717) is 5.69 Å². The zero-order valence-corrected chi connectivity index (χ0v) is 23.3. The standard InChI is InChI=1S/C31H27BrN2O5/c1-15-12-18(13-16(2)28(15)32)33-23(35)14-39-31(38)17(3)34-29(36)26-24-19-8-4-5-9-20(19)25(27(26)30(34)37)22-11-7-6-10-21(22)24/h4-13,17,24-27H,14H2,1-3H3,(H,33,35)/t17-,24?,25?,26+,27+/m0/s1. The van der Waals surface area contributed by atoms with Crippen LogP contribution in [0.15, 0.2) is 65.1 Å². The van der Waals surface area contributed by atoms with Crippen molar-refractivity contribution in [2.45, 2.75) is 38.6 Å². The largest absolute Gasteiger partial charge is 0.454 e. The van der Waals surface area contributed by atoms with E-state index in [2.05, 4.69) is 21.2 Å². The van der Waals surface area contributed by atoms with Crippen LogP contribution in [0.1, 0.15) is 52.1 Å². The number of carbonyl (C=O) groups is 4. The topological polar surface area (TPSA) is 92.8 Å². The average Bonchev–Trinajstić information content (AvgIpc) is 3.20. The van der Waals surface area contributed by atoms with Crippen LogP contribution in [0.25, 0.3) is 0 Å². The number of hydrogen-bond donors (Lipinski definition) is 1. The molecule has 1 heterocycles. The Morgan fingerprint density at radius 3 is 1.74 bits per heavy atom. The monoisotopic (exact) mass is 586 g/mol. The minimum Gasteiger partial charge on any atom is -0.454 e. The average molecular weight is 587 g/mol. The smallest absolute Gasteiger partial charge is 0.329 e. The first-order chi connectivity index (χ1) is 18.7. The molecule has 3 amide bonds. The molecule has 7 rings (SSSR count). The number of amides is 3. The highest BCUT2D eigenvalue weighted by Gasteiger charge is 2.62. The van der Waals surface area contributed by atoms with Crippen LogP contribution in [-0.2, 0) is 23.9 Å². The predicted octanol–water partition coefficient (Wildman–Crippen LogP) is 4.83. The molecule has 1 saturated heterocycles. The van der Waals surface area contributed by atoms with Gasteiger partial charge in [0.25, 0.3) is 5.91 Å². The number of aryl methyl sites for hydroxylation is 2. The summed E-state index contributed by atoms with van der Waals surface area (Å²) >= 11 is 3.50. The third-order valence-corrected chi connectivity index (χ3v) is 9.53. The van der Waals surface area contributed by atoms with Gasteiger partial charge in [0.05, 0.1) is 11.8 Å². The number of nitrogens with one attached hydrogen (secondary N) is 1. The molecule has 4 aliphatic rings. The fourth-order valence-electron chi connectivity index (χ4n) is 6.66. The van der Waals surface area contributed by atoms with Gasteiger partial charge in [-0.2, -0.15) is 0 Å². The number of benzene rings is 3. The van der Waals surface area contributed by atoms with Crippen molar-refractivity contribution in [2.75, 3.05) is 11.9 Å². The highest BCUT2D eigenvalue weighted by Crippen LogP contribution is 2.61. The summed E-state index contributed by atoms with van der Waals surface area (Å²) in [4.78, 5) is 54.1. The molecule has 3 aliphatic carbocycles. The summed E-state index contributed by atoms with van der Waals surface area (Å²) in [7, 11) is 0. The van der Waals surface area contributed by atoms with Gasteiger partial charge in [-0.25, -0.2) is 4.79 Å². The van der Waals surface area contributed by atoms with Gasteiger partial charge in [0.2, 0.25) is 11.8 Å². The van der Waals surface area contributed by atoms with Crippen molar-refractivity contribution in [1.29, 1.82) is 0 Å². The summed E-state index contributed by atoms with van der Waals surface area (Å²) in [6, 6.07) is 18.4. The third kappa shape index (κ3) is 3.92. The molecule has 1 N–H and O–H groups in total. The van der Waals surface area contributed by atoms with Crippen molar-refractivity contribution < 1.29 is 23.9 Å². The SMILES string of the molecule is Cc1cc(NC(=O)COC(=O)[C@H](C)N2C(=O)[C@@H]3C4c5ccccc5C(c5ccccc54)[C@H]3C2=O)cc(C)c1Br. The summed E-state index contributed by atoms with van der Waals surface area (Å²) < 4.78 is 6.23. The van der Waals surface area contributed by atoms with Crippen molar-refractivity contribution in [1.82, 2.24) is 4.90 Å². The highest BCUT2D eigenvalue weighted by atomic mass is 79.9. The van der Waals surface area contributed by atoms with E-state index >= 15 is 0 Å². The fraction of sp³-hybridized carbons (Fsp3) is 0.290. The minimum atomic E-state index is -1.15. The number of imide groups is 1. The molecular weight excluding hydrogens is 560 g/mol. The van der Waals surface area contributed by atoms with E-state index < -0.39 is 36.4 Å². The lowest BCUT2D eigenvalue weighted by molar-refractivity contribution is -0.159. The van der Waals surface area contributed by atoms with Crippen LogP contribution >= 0.6 is 15.9 Å². The molecule has 2 bridgehead atoms. The second-order valence-corrected chi connectivity index (χ2v) is 11.4. The Hall–Kier alpha value is -3.78. The fourth-order valence-corrected chi connectivity index (χ4v) is 6.89. The molecule has 0 aromatic heterocycles. The van der Waals surface area contributed by atoms with Crippen molar-refractivity contribution in [3.8, 4) is 0 Å². The van der Waals surface area contributed by atoms with Crippen LogP contribution in [0.2, 0.25) is 0 Å². The number of rotatable bonds is 5. The Bertz CT molecular complexity index is 1430. The maximum atomic E-state index is 13.8. The quantitative estimate of drug-likeness (QED) is 0.341. The number of hydrogen-bond acceptors (Lipinski definition) is 5. The van der Waals surface area contributed by atoms with Crippen LogP contribution in [0.3, 0.4) is 0 Å². The van der Waals surface area contributed by atoms with Gasteiger partial charge in [-0.15, -0.1) is 0 Å². The van der Waals surface area contributed by atoms with Crippen molar-refractivity contribution in [3.63, 3.8) is 0 Å². The normalized spacial score (nSPS) is 23.1. The maximum Gasteiger partial charge on any atom is 0.329 e. The van der Waals surface area contributed by atoms with E-state index in [1.165, 1.54) is 6.92 Å². The van der Waals surface area contributed by atoms with Gasteiger partial charge < -0.3 is 10.1 Å². The Kier molecular flexibility index (Phi) is 6.18. The van der Waals surface area contributed by atoms with Crippen molar-refractivity contribution in [2.24, 2.45) is 11.8 Å². The first kappa shape index (κ1) is 25.5. The number of ether oxygens (including phenoxy) is 1. The van der Waals surface area contributed by atoms with E-state index in [4.69, 9.17) is 4.74 Å². The van der Waals surface area contributed by atoms with Gasteiger partial charge in [0.1, 0.15) is 6.04 Å². The van der Waals surface area contributed by atoms with Gasteiger partial charge in [-0.05, 0) is 66.3 Å². The molecule has 3 aromatic rings. The summed E-state index contributed by atoms with van der Waals surface area (Å²) in [6.07, 6.45) is 0. The zero-order valence-electron chi connectivity index (χ0n) is 21.7. The number of anilines is 1. The summed E-state index contributed by atoms with van der Waals surface area (Å²) in [6.45, 7) is 4.79. The van der Waals surface area contributed by atoms with Crippen LogP contribution in [-0.4, -0.2) is 41.2 Å². The molecular formula is C31H27BrN2O5. The molecule has 198 valence electrons. The molecule has 1 fully saturated rings. The second kappa shape index (κ2) is 9.45. The number of halogens is 1. The first-order valence-corrected chi connectivity index (χ1v) is 13.8. The highest BCUT2D eigenvalue weighted by molar-refractivity contribution is 9.10. The van der Waals surface area contributed by atoms with Crippen LogP contribution < -0.4 is 5.32 Å². The van der Waals surface area contributed by atoms with Crippen molar-refractivity contribution >= 4 is 45.3 Å². The Morgan fingerprint density at radius 1 is 0.872 bits per heavy atom. The molecule has 1 aliphatic heterocycles. The Balaban J connectivity index is 1.20. The summed E-state index contributed by atoms with van der Waals surface area (Å²) in [5.41, 5.74) is 6.77. The molecule has 3 aromatic carbocycles. The lowest BCUT2D eigenvalue weighted by Crippen LogP contribution is -2.45. The lowest BCUT2D eigenvalue weighted by atomic mass is 9.55. The molecule has 0 radical (unpaired) electrons. The van der Waals surface area contributed by atoms with E-state index in [1.54, 1.807) is 0 Å². The van der Waals surface area contributed by atoms with Crippen molar-refractivity contribution in [3.05, 3.63) is 98.5 Å². The van der Waals surface area contributed by atoms with Crippen LogP contribution in [0.4, 0.5) is 5.69 Å². The number of likely N-dealkylation sites (tertiary alicyclic amines) is 1. The van der Waals surface area contributed by atoms with E-state index in [9.17, 15) is 19.2 Å². The Labute approximate surface area is 234 Å². The summed E-state index contributed by atoms with van der Waals surface area (Å²) in [5, 5.41) is 2.73. The minimum absolute atomic E-state index is 0.249. The van der Waals surface area contributed by atoms with E-state index in [-0.39, 0.29) is 23.7 Å². The maximum absolute atomic E-state index is 13.8. The Morgan fingerprint density at radius 2 is 1.31 bits per heavy atom. The molecule has 8 heteroatoms. The number of nitrogens with zero attached hydrogens (tertiary/aromatic N) is 1. The van der Waals surface area contributed by atoms with Crippen LogP contribution in [0.5, 0.6) is 0 Å². The molecule has 7 nitrogen and oxygen atoms in total. The number of carbonyl (C=O) groups excluding carboxylic acids is 4. The zero-order chi connectivity index (χ0) is 27.6. The van der Waals surface area contributed by atoms with E-state index in [1.807, 2.05) is 74.5 Å². The summed E-state index contributed by atoms with van der Waals surface area (Å²) in [5.74, 6) is -3.67. The van der Waals surface area contributed by atoms with Gasteiger partial charge in [0, 0.05) is 22.0 Å². The van der Waals surface area contributed by atoms with Gasteiger partial charge in [-0.1, -0.05) is 64.5 Å². The van der Waals surface area contributed by atoms with Gasteiger partial charge in [0.15, 0.2) is 6.61 Å². The van der Waals surface area contributed by atoms with Gasteiger partial charge in [-0.3, -0.25) is 19.3 Å². The molecule has 39 heavy (non-hydrogen) atoms. The first-order valence-electron chi connectivity index (χ1n) is 13.0. The molecule has 3 atom stereocenters. The lowest BCUT2D eigenvalue weighted by Gasteiger charge is -2.45.